The van der Waals surface area contributed by atoms with Crippen LogP contribution in [0.25, 0.3) is 0 Å². The van der Waals surface area contributed by atoms with Crippen LogP contribution in [0.5, 0.6) is 0 Å². The largest absolute Gasteiger partial charge is 0.367 e. The third-order valence-corrected chi connectivity index (χ3v) is 3.42. The van der Waals surface area contributed by atoms with E-state index in [0.29, 0.717) is 0 Å². The van der Waals surface area contributed by atoms with Crippen LogP contribution < -0.4 is 11.2 Å². The molecule has 0 bridgehead atoms. The number of guanidine groups is 1. The Kier molecular flexibility index (Phi) is 7.86. The summed E-state index contributed by atoms with van der Waals surface area (Å²) in [7, 11) is 0. The highest BCUT2D eigenvalue weighted by Crippen LogP contribution is 2.05. The van der Waals surface area contributed by atoms with Crippen LogP contribution >= 0.6 is 22.7 Å². The zero-order chi connectivity index (χ0) is 16.2. The Bertz CT molecular complexity index is 633. The molecular formula is C11H12N6O3S2. The molecular weight excluding hydrogens is 328 g/mol. The second-order valence-electron chi connectivity index (χ2n) is 3.37. The summed E-state index contributed by atoms with van der Waals surface area (Å²) in [4.78, 5) is 10.4. The smallest absolute Gasteiger partial charge is 0.291 e. The first-order chi connectivity index (χ1) is 10.6. The summed E-state index contributed by atoms with van der Waals surface area (Å²) in [6.45, 7) is 0. The number of nitrogens with one attached hydrogen (secondary N) is 1. The molecule has 0 fully saturated rings. The molecule has 0 aliphatic heterocycles. The minimum Gasteiger partial charge on any atom is -0.367 e. The minimum atomic E-state index is -1.50. The molecule has 0 aromatic carbocycles. The second kappa shape index (κ2) is 10.0. The molecule has 0 atom stereocenters. The van der Waals surface area contributed by atoms with Crippen molar-refractivity contribution in [3.63, 3.8) is 0 Å². The van der Waals surface area contributed by atoms with Crippen molar-refractivity contribution in [3.05, 3.63) is 54.9 Å². The molecule has 2 rings (SSSR count). The van der Waals surface area contributed by atoms with E-state index in [1.54, 1.807) is 35.1 Å². The van der Waals surface area contributed by atoms with E-state index in [0.717, 1.165) is 9.75 Å². The monoisotopic (exact) mass is 340 g/mol. The Morgan fingerprint density at radius 2 is 1.82 bits per heavy atom. The molecule has 0 amide bonds. The van der Waals surface area contributed by atoms with Gasteiger partial charge in [0.05, 0.1) is 12.4 Å². The molecule has 2 aromatic heterocycles. The fourth-order valence-corrected chi connectivity index (χ4v) is 2.23. The molecule has 116 valence electrons. The number of nitrogens with zero attached hydrogens (tertiary/aromatic N) is 4. The van der Waals surface area contributed by atoms with Crippen molar-refractivity contribution in [1.82, 2.24) is 5.43 Å². The highest BCUT2D eigenvalue weighted by atomic mass is 32.1. The van der Waals surface area contributed by atoms with Gasteiger partial charge in [0.25, 0.3) is 5.09 Å². The van der Waals surface area contributed by atoms with E-state index in [1.165, 1.54) is 0 Å². The molecule has 0 aliphatic carbocycles. The van der Waals surface area contributed by atoms with Gasteiger partial charge in [0.15, 0.2) is 0 Å². The van der Waals surface area contributed by atoms with Gasteiger partial charge in [0, 0.05) is 9.75 Å². The fourth-order valence-electron chi connectivity index (χ4n) is 1.06. The number of rotatable bonds is 4. The first-order valence-corrected chi connectivity index (χ1v) is 7.39. The average molecular weight is 340 g/mol. The van der Waals surface area contributed by atoms with Gasteiger partial charge in [-0.15, -0.1) is 37.9 Å². The normalized spacial score (nSPS) is 11.4. The molecule has 2 aromatic rings. The summed E-state index contributed by atoms with van der Waals surface area (Å²) in [5.74, 6) is 0.149. The molecule has 11 heteroatoms. The van der Waals surface area contributed by atoms with E-state index in [-0.39, 0.29) is 5.96 Å². The van der Waals surface area contributed by atoms with E-state index >= 15 is 0 Å². The minimum absolute atomic E-state index is 0.149. The summed E-state index contributed by atoms with van der Waals surface area (Å²) >= 11 is 3.18. The van der Waals surface area contributed by atoms with Crippen molar-refractivity contribution in [2.24, 2.45) is 21.0 Å². The Morgan fingerprint density at radius 3 is 2.32 bits per heavy atom. The first kappa shape index (κ1) is 17.3. The van der Waals surface area contributed by atoms with Gasteiger partial charge in [-0.1, -0.05) is 12.1 Å². The number of nitrogens with two attached hydrogens (primary N) is 1. The molecule has 0 aliphatic rings. The summed E-state index contributed by atoms with van der Waals surface area (Å²) in [5, 5.41) is 29.1. The van der Waals surface area contributed by atoms with Crippen LogP contribution in [-0.2, 0) is 0 Å². The number of thiophene rings is 2. The van der Waals surface area contributed by atoms with Gasteiger partial charge < -0.3 is 10.9 Å². The Hall–Kier alpha value is -2.79. The van der Waals surface area contributed by atoms with Gasteiger partial charge >= 0.3 is 0 Å². The molecule has 22 heavy (non-hydrogen) atoms. The molecule has 0 saturated heterocycles. The van der Waals surface area contributed by atoms with Crippen LogP contribution in [0, 0.1) is 10.1 Å². The molecule has 0 spiro atoms. The lowest BCUT2D eigenvalue weighted by atomic mass is 10.5. The van der Waals surface area contributed by atoms with Crippen LogP contribution in [0.15, 0.2) is 50.3 Å². The summed E-state index contributed by atoms with van der Waals surface area (Å²) < 4.78 is 0. The Labute approximate surface area is 133 Å². The van der Waals surface area contributed by atoms with Gasteiger partial charge in [0.1, 0.15) is 0 Å². The van der Waals surface area contributed by atoms with E-state index in [4.69, 9.17) is 21.1 Å². The van der Waals surface area contributed by atoms with E-state index in [1.807, 2.05) is 35.0 Å². The summed E-state index contributed by atoms with van der Waals surface area (Å²) in [6.07, 6.45) is 3.32. The summed E-state index contributed by atoms with van der Waals surface area (Å²) in [5.41, 5.74) is 8.17. The van der Waals surface area contributed by atoms with E-state index in [9.17, 15) is 0 Å². The zero-order valence-electron chi connectivity index (χ0n) is 11.1. The highest BCUT2D eigenvalue weighted by Gasteiger charge is 1.89. The maximum atomic E-state index is 8.36. The van der Waals surface area contributed by atoms with Crippen LogP contribution in [0.4, 0.5) is 0 Å². The quantitative estimate of drug-likeness (QED) is 0.337. The molecule has 2 heterocycles. The van der Waals surface area contributed by atoms with Gasteiger partial charge in [-0.05, 0) is 22.9 Å². The lowest BCUT2D eigenvalue weighted by Crippen LogP contribution is -2.26. The molecule has 9 nitrogen and oxygen atoms in total. The average Bonchev–Trinajstić information content (AvgIpc) is 3.11. The third kappa shape index (κ3) is 8.39. The maximum Gasteiger partial charge on any atom is 0.291 e. The SMILES string of the molecule is N/C(=N\N=C\c1cccs1)N/N=C/c1cccs1.O=[N+]([O-])O. The molecule has 4 N–H and O–H groups in total. The van der Waals surface area contributed by atoms with Gasteiger partial charge in [-0.25, -0.2) is 5.43 Å². The van der Waals surface area contributed by atoms with Gasteiger partial charge in [-0.3, -0.25) is 0 Å². The lowest BCUT2D eigenvalue weighted by Gasteiger charge is -1.94. The Balaban J connectivity index is 0.000000541. The zero-order valence-corrected chi connectivity index (χ0v) is 12.7. The van der Waals surface area contributed by atoms with Crippen molar-refractivity contribution in [3.8, 4) is 0 Å². The fraction of sp³-hybridized carbons (Fsp3) is 0. The van der Waals surface area contributed by atoms with Crippen LogP contribution in [0.1, 0.15) is 9.75 Å². The van der Waals surface area contributed by atoms with Crippen LogP contribution in [-0.4, -0.2) is 28.7 Å². The second-order valence-corrected chi connectivity index (χ2v) is 5.33. The van der Waals surface area contributed by atoms with Crippen molar-refractivity contribution < 1.29 is 10.3 Å². The molecule has 0 unspecified atom stereocenters. The van der Waals surface area contributed by atoms with Gasteiger partial charge in [-0.2, -0.15) is 10.2 Å². The summed E-state index contributed by atoms with van der Waals surface area (Å²) in [6, 6.07) is 7.80. The first-order valence-electron chi connectivity index (χ1n) is 5.64. The van der Waals surface area contributed by atoms with Gasteiger partial charge in [0.2, 0.25) is 5.96 Å². The Morgan fingerprint density at radius 1 is 1.27 bits per heavy atom. The van der Waals surface area contributed by atoms with Crippen molar-refractivity contribution in [2.45, 2.75) is 0 Å². The highest BCUT2D eigenvalue weighted by molar-refractivity contribution is 7.12. The van der Waals surface area contributed by atoms with E-state index < -0.39 is 5.09 Å². The van der Waals surface area contributed by atoms with Crippen LogP contribution in [0.3, 0.4) is 0 Å². The van der Waals surface area contributed by atoms with Crippen molar-refractivity contribution in [1.29, 1.82) is 0 Å². The standard InChI is InChI=1S/C11H11N5S2.HNO3/c12-11(15-13-7-9-3-1-5-17-9)16-14-8-10-4-2-6-18-10;2-1(3)4/h1-8H,(H3,12,15,16);(H,2,3,4)/b13-7+,14-8+;. The lowest BCUT2D eigenvalue weighted by molar-refractivity contribution is -0.742. The predicted octanol–water partition coefficient (Wildman–Crippen LogP) is 1.73. The number of hydrogen-bond donors (Lipinski definition) is 3. The van der Waals surface area contributed by atoms with Crippen molar-refractivity contribution >= 4 is 41.1 Å². The van der Waals surface area contributed by atoms with E-state index in [2.05, 4.69) is 20.7 Å². The number of hydrogen-bond acceptors (Lipinski definition) is 7. The maximum absolute atomic E-state index is 8.36. The number of hydrazone groups is 1. The van der Waals surface area contributed by atoms with Crippen LogP contribution in [0.2, 0.25) is 0 Å². The predicted molar refractivity (Wildman–Crippen MR) is 87.4 cm³/mol. The molecule has 0 radical (unpaired) electrons. The van der Waals surface area contributed by atoms with Crippen molar-refractivity contribution in [2.75, 3.05) is 0 Å². The topological polar surface area (TPSA) is 138 Å². The third-order valence-electron chi connectivity index (χ3n) is 1.81. The molecule has 0 saturated carbocycles.